The number of nitrogens with zero attached hydrogens (tertiary/aromatic N) is 2. The van der Waals surface area contributed by atoms with Gasteiger partial charge in [0.25, 0.3) is 0 Å². The molecule has 1 heterocycles. The molecule has 2 rings (SSSR count). The highest BCUT2D eigenvalue weighted by molar-refractivity contribution is 9.10. The number of hydrogen-bond acceptors (Lipinski definition) is 4. The lowest BCUT2D eigenvalue weighted by atomic mass is 10.2. The van der Waals surface area contributed by atoms with Crippen LogP contribution in [0.3, 0.4) is 0 Å². The van der Waals surface area contributed by atoms with Crippen molar-refractivity contribution in [2.45, 2.75) is 24.5 Å². The van der Waals surface area contributed by atoms with Crippen molar-refractivity contribution in [2.75, 3.05) is 26.7 Å². The van der Waals surface area contributed by atoms with E-state index in [0.717, 1.165) is 6.54 Å². The zero-order valence-electron chi connectivity index (χ0n) is 11.6. The molecule has 1 aliphatic heterocycles. The van der Waals surface area contributed by atoms with Crippen LogP contribution in [-0.4, -0.2) is 55.5 Å². The zero-order valence-corrected chi connectivity index (χ0v) is 14.0. The van der Waals surface area contributed by atoms with E-state index in [1.54, 1.807) is 12.1 Å². The van der Waals surface area contributed by atoms with Crippen LogP contribution >= 0.6 is 15.9 Å². The summed E-state index contributed by atoms with van der Waals surface area (Å²) < 4.78 is 27.5. The van der Waals surface area contributed by atoms with Crippen molar-refractivity contribution < 1.29 is 13.5 Å². The maximum absolute atomic E-state index is 12.7. The average molecular weight is 363 g/mol. The van der Waals surface area contributed by atoms with Crippen LogP contribution < -0.4 is 0 Å². The molecule has 1 atom stereocenters. The lowest BCUT2D eigenvalue weighted by Gasteiger charge is -2.37. The minimum absolute atomic E-state index is 0.172. The number of sulfonamides is 1. The highest BCUT2D eigenvalue weighted by Crippen LogP contribution is 2.27. The van der Waals surface area contributed by atoms with Crippen molar-refractivity contribution in [1.82, 2.24) is 9.21 Å². The molecule has 0 aliphatic carbocycles. The molecule has 1 saturated heterocycles. The Kier molecular flexibility index (Phi) is 4.86. The molecule has 0 bridgehead atoms. The van der Waals surface area contributed by atoms with Gasteiger partial charge in [0.15, 0.2) is 0 Å². The third kappa shape index (κ3) is 3.07. The first-order valence-electron chi connectivity index (χ1n) is 6.46. The van der Waals surface area contributed by atoms with Crippen molar-refractivity contribution in [3.05, 3.63) is 28.2 Å². The standard InChI is InChI=1S/C13H19BrN2O3S/c1-10-8-16(6-5-15(10)2)20(18,19)13-7-11(9-17)3-4-12(13)14/h3-4,7,10,17H,5-6,8-9H2,1-2H3. The van der Waals surface area contributed by atoms with Gasteiger partial charge in [-0.15, -0.1) is 0 Å². The molecule has 1 aromatic rings. The van der Waals surface area contributed by atoms with Crippen molar-refractivity contribution in [3.63, 3.8) is 0 Å². The molecule has 0 spiro atoms. The first-order chi connectivity index (χ1) is 9.36. The highest BCUT2D eigenvalue weighted by atomic mass is 79.9. The predicted molar refractivity (Wildman–Crippen MR) is 80.9 cm³/mol. The maximum Gasteiger partial charge on any atom is 0.244 e. The van der Waals surface area contributed by atoms with E-state index in [0.29, 0.717) is 23.1 Å². The van der Waals surface area contributed by atoms with E-state index in [1.807, 2.05) is 14.0 Å². The summed E-state index contributed by atoms with van der Waals surface area (Å²) in [5.41, 5.74) is 0.592. The third-order valence-corrected chi connectivity index (χ3v) is 6.58. The predicted octanol–water partition coefficient (Wildman–Crippen LogP) is 1.27. The quantitative estimate of drug-likeness (QED) is 0.879. The van der Waals surface area contributed by atoms with Crippen LogP contribution in [0.4, 0.5) is 0 Å². The first-order valence-corrected chi connectivity index (χ1v) is 8.69. The number of halogens is 1. The molecule has 0 amide bonds. The summed E-state index contributed by atoms with van der Waals surface area (Å²) in [6.07, 6.45) is 0. The lowest BCUT2D eigenvalue weighted by molar-refractivity contribution is 0.159. The molecule has 5 nitrogen and oxygen atoms in total. The number of rotatable bonds is 3. The van der Waals surface area contributed by atoms with Gasteiger partial charge in [0.1, 0.15) is 0 Å². The second-order valence-corrected chi connectivity index (χ2v) is 7.88. The van der Waals surface area contributed by atoms with Crippen LogP contribution in [0.2, 0.25) is 0 Å². The monoisotopic (exact) mass is 362 g/mol. The topological polar surface area (TPSA) is 60.9 Å². The van der Waals surface area contributed by atoms with Crippen molar-refractivity contribution in [2.24, 2.45) is 0 Å². The van der Waals surface area contributed by atoms with Gasteiger partial charge < -0.3 is 10.0 Å². The summed E-state index contributed by atoms with van der Waals surface area (Å²) in [5.74, 6) is 0. The molecule has 112 valence electrons. The summed E-state index contributed by atoms with van der Waals surface area (Å²) in [4.78, 5) is 2.37. The van der Waals surface area contributed by atoms with Gasteiger partial charge in [-0.3, -0.25) is 0 Å². The highest BCUT2D eigenvalue weighted by Gasteiger charge is 2.32. The van der Waals surface area contributed by atoms with E-state index >= 15 is 0 Å². The second kappa shape index (κ2) is 6.11. The minimum atomic E-state index is -3.53. The fourth-order valence-corrected chi connectivity index (χ4v) is 4.70. The van der Waals surface area contributed by atoms with Gasteiger partial charge in [-0.1, -0.05) is 6.07 Å². The third-order valence-electron chi connectivity index (χ3n) is 3.72. The number of likely N-dealkylation sites (N-methyl/N-ethyl adjacent to an activating group) is 1. The molecule has 0 radical (unpaired) electrons. The van der Waals surface area contributed by atoms with Crippen LogP contribution in [-0.2, 0) is 16.6 Å². The molecule has 7 heteroatoms. The van der Waals surface area contributed by atoms with Crippen LogP contribution in [0.25, 0.3) is 0 Å². The van der Waals surface area contributed by atoms with Gasteiger partial charge in [0.2, 0.25) is 10.0 Å². The van der Waals surface area contributed by atoms with E-state index < -0.39 is 10.0 Å². The van der Waals surface area contributed by atoms with Crippen molar-refractivity contribution in [3.8, 4) is 0 Å². The van der Waals surface area contributed by atoms with E-state index in [-0.39, 0.29) is 17.5 Å². The Hall–Kier alpha value is -0.470. The molecule has 1 aliphatic rings. The molecule has 1 unspecified atom stereocenters. The number of aliphatic hydroxyl groups excluding tert-OH is 1. The molecular formula is C13H19BrN2O3S. The SMILES string of the molecule is CC1CN(S(=O)(=O)c2cc(CO)ccc2Br)CCN1C. The summed E-state index contributed by atoms with van der Waals surface area (Å²) in [6, 6.07) is 5.09. The molecule has 1 aromatic carbocycles. The van der Waals surface area contributed by atoms with E-state index in [2.05, 4.69) is 20.8 Å². The Bertz CT molecular complexity index is 591. The average Bonchev–Trinajstić information content (AvgIpc) is 2.42. The Balaban J connectivity index is 2.35. The number of benzene rings is 1. The van der Waals surface area contributed by atoms with Gasteiger partial charge in [0.05, 0.1) is 11.5 Å². The Labute approximate surface area is 128 Å². The number of piperazine rings is 1. The molecule has 20 heavy (non-hydrogen) atoms. The normalized spacial score (nSPS) is 22.1. The first kappa shape index (κ1) is 15.9. The summed E-state index contributed by atoms with van der Waals surface area (Å²) >= 11 is 3.29. The van der Waals surface area contributed by atoms with Gasteiger partial charge in [0, 0.05) is 30.1 Å². The largest absolute Gasteiger partial charge is 0.392 e. The molecular weight excluding hydrogens is 344 g/mol. The zero-order chi connectivity index (χ0) is 14.9. The van der Waals surface area contributed by atoms with Crippen molar-refractivity contribution >= 4 is 26.0 Å². The summed E-state index contributed by atoms with van der Waals surface area (Å²) in [5, 5.41) is 9.18. The Morgan fingerprint density at radius 3 is 2.70 bits per heavy atom. The summed E-state index contributed by atoms with van der Waals surface area (Å²) in [7, 11) is -1.54. The smallest absolute Gasteiger partial charge is 0.244 e. The van der Waals surface area contributed by atoms with E-state index in [1.165, 1.54) is 10.4 Å². The minimum Gasteiger partial charge on any atom is -0.392 e. The number of hydrogen-bond donors (Lipinski definition) is 1. The summed E-state index contributed by atoms with van der Waals surface area (Å²) in [6.45, 7) is 3.53. The van der Waals surface area contributed by atoms with Gasteiger partial charge in [-0.2, -0.15) is 4.31 Å². The second-order valence-electron chi connectivity index (χ2n) is 5.12. The van der Waals surface area contributed by atoms with Crippen LogP contribution in [0, 0.1) is 0 Å². The lowest BCUT2D eigenvalue weighted by Crippen LogP contribution is -2.51. The van der Waals surface area contributed by atoms with Crippen LogP contribution in [0.5, 0.6) is 0 Å². The number of aliphatic hydroxyl groups is 1. The van der Waals surface area contributed by atoms with Gasteiger partial charge in [-0.25, -0.2) is 8.42 Å². The molecule has 0 aromatic heterocycles. The van der Waals surface area contributed by atoms with Crippen LogP contribution in [0.15, 0.2) is 27.6 Å². The Morgan fingerprint density at radius 2 is 2.10 bits per heavy atom. The van der Waals surface area contributed by atoms with Gasteiger partial charge in [-0.05, 0) is 47.6 Å². The molecule has 1 fully saturated rings. The molecule has 0 saturated carbocycles. The van der Waals surface area contributed by atoms with E-state index in [4.69, 9.17) is 0 Å². The Morgan fingerprint density at radius 1 is 1.40 bits per heavy atom. The fraction of sp³-hybridized carbons (Fsp3) is 0.538. The van der Waals surface area contributed by atoms with E-state index in [9.17, 15) is 13.5 Å². The van der Waals surface area contributed by atoms with Crippen molar-refractivity contribution in [1.29, 1.82) is 0 Å². The molecule has 1 N–H and O–H groups in total. The fourth-order valence-electron chi connectivity index (χ4n) is 2.22. The van der Waals surface area contributed by atoms with Crippen LogP contribution in [0.1, 0.15) is 12.5 Å². The van der Waals surface area contributed by atoms with Gasteiger partial charge >= 0.3 is 0 Å². The maximum atomic E-state index is 12.7.